The average molecular weight is 272 g/mol. The third-order valence-electron chi connectivity index (χ3n) is 1.86. The van der Waals surface area contributed by atoms with Crippen LogP contribution in [0.2, 0.25) is 0 Å². The van der Waals surface area contributed by atoms with Crippen LogP contribution < -0.4 is 0 Å². The molecule has 15 heavy (non-hydrogen) atoms. The molecule has 1 N–H and O–H groups in total. The Morgan fingerprint density at radius 3 is 2.73 bits per heavy atom. The first kappa shape index (κ1) is 11.7. The van der Waals surface area contributed by atoms with E-state index in [9.17, 15) is 4.79 Å². The van der Waals surface area contributed by atoms with E-state index in [0.717, 1.165) is 10.0 Å². The van der Waals surface area contributed by atoms with E-state index in [1.54, 1.807) is 0 Å². The van der Waals surface area contributed by atoms with Crippen molar-refractivity contribution in [1.82, 2.24) is 0 Å². The number of esters is 1. The monoisotopic (exact) mass is 271 g/mol. The molecule has 0 aromatic heterocycles. The van der Waals surface area contributed by atoms with Gasteiger partial charge in [0.2, 0.25) is 0 Å². The summed E-state index contributed by atoms with van der Waals surface area (Å²) in [6.07, 6.45) is 0.227. The van der Waals surface area contributed by atoms with Crippen LogP contribution in [0.25, 0.3) is 0 Å². The SMILES string of the molecule is COC(=O)/C(Cc1ccccc1Br)=N\O. The van der Waals surface area contributed by atoms with Gasteiger partial charge in [-0.3, -0.25) is 0 Å². The largest absolute Gasteiger partial charge is 0.464 e. The van der Waals surface area contributed by atoms with Gasteiger partial charge in [-0.25, -0.2) is 4.79 Å². The lowest BCUT2D eigenvalue weighted by atomic mass is 10.1. The Morgan fingerprint density at radius 1 is 1.53 bits per heavy atom. The molecule has 0 saturated carbocycles. The summed E-state index contributed by atoms with van der Waals surface area (Å²) >= 11 is 3.34. The van der Waals surface area contributed by atoms with Gasteiger partial charge in [-0.05, 0) is 11.6 Å². The Labute approximate surface area is 95.7 Å². The second-order valence-corrected chi connectivity index (χ2v) is 3.66. The summed E-state index contributed by atoms with van der Waals surface area (Å²) in [7, 11) is 1.24. The quantitative estimate of drug-likeness (QED) is 0.396. The number of carbonyl (C=O) groups is 1. The molecule has 0 unspecified atom stereocenters. The van der Waals surface area contributed by atoms with E-state index in [2.05, 4.69) is 25.8 Å². The topological polar surface area (TPSA) is 58.9 Å². The van der Waals surface area contributed by atoms with Crippen LogP contribution in [-0.4, -0.2) is 24.0 Å². The zero-order valence-electron chi connectivity index (χ0n) is 8.11. The van der Waals surface area contributed by atoms with Gasteiger partial charge < -0.3 is 9.94 Å². The molecule has 1 aromatic carbocycles. The van der Waals surface area contributed by atoms with Crippen molar-refractivity contribution in [2.45, 2.75) is 6.42 Å². The number of nitrogens with zero attached hydrogens (tertiary/aromatic N) is 1. The molecule has 0 atom stereocenters. The molecular weight excluding hydrogens is 262 g/mol. The number of methoxy groups -OCH3 is 1. The van der Waals surface area contributed by atoms with Gasteiger partial charge in [0.15, 0.2) is 5.71 Å². The number of halogens is 1. The lowest BCUT2D eigenvalue weighted by Crippen LogP contribution is -2.18. The molecular formula is C10H10BrNO3. The maximum atomic E-state index is 11.1. The summed E-state index contributed by atoms with van der Waals surface area (Å²) in [4.78, 5) is 11.1. The minimum absolute atomic E-state index is 0.0237. The number of hydrogen-bond donors (Lipinski definition) is 1. The van der Waals surface area contributed by atoms with Crippen LogP contribution in [0, 0.1) is 0 Å². The fourth-order valence-corrected chi connectivity index (χ4v) is 1.51. The molecule has 0 aliphatic heterocycles. The number of ether oxygens (including phenoxy) is 1. The van der Waals surface area contributed by atoms with Crippen molar-refractivity contribution in [3.63, 3.8) is 0 Å². The van der Waals surface area contributed by atoms with Crippen LogP contribution >= 0.6 is 15.9 Å². The van der Waals surface area contributed by atoms with E-state index in [1.807, 2.05) is 24.3 Å². The molecule has 0 bridgehead atoms. The predicted octanol–water partition coefficient (Wildman–Crippen LogP) is 1.99. The van der Waals surface area contributed by atoms with E-state index >= 15 is 0 Å². The highest BCUT2D eigenvalue weighted by Crippen LogP contribution is 2.16. The smallest absolute Gasteiger partial charge is 0.356 e. The van der Waals surface area contributed by atoms with E-state index in [-0.39, 0.29) is 12.1 Å². The Hall–Kier alpha value is -1.36. The molecule has 5 heteroatoms. The highest BCUT2D eigenvalue weighted by molar-refractivity contribution is 9.10. The molecule has 0 aliphatic carbocycles. The van der Waals surface area contributed by atoms with Gasteiger partial charge in [0.25, 0.3) is 0 Å². The summed E-state index contributed by atoms with van der Waals surface area (Å²) in [6.45, 7) is 0. The minimum Gasteiger partial charge on any atom is -0.464 e. The summed E-state index contributed by atoms with van der Waals surface area (Å²) < 4.78 is 5.33. The van der Waals surface area contributed by atoms with Gasteiger partial charge in [-0.15, -0.1) is 0 Å². The summed E-state index contributed by atoms with van der Waals surface area (Å²) in [6, 6.07) is 7.38. The first-order valence-electron chi connectivity index (χ1n) is 4.21. The lowest BCUT2D eigenvalue weighted by Gasteiger charge is -2.04. The normalized spacial score (nSPS) is 11.2. The van der Waals surface area contributed by atoms with Gasteiger partial charge >= 0.3 is 5.97 Å². The van der Waals surface area contributed by atoms with Gasteiger partial charge in [0, 0.05) is 10.9 Å². The third kappa shape index (κ3) is 3.06. The number of rotatable bonds is 3. The fourth-order valence-electron chi connectivity index (χ4n) is 1.09. The molecule has 80 valence electrons. The molecule has 0 radical (unpaired) electrons. The molecule has 0 heterocycles. The van der Waals surface area contributed by atoms with Crippen molar-refractivity contribution in [3.05, 3.63) is 34.3 Å². The van der Waals surface area contributed by atoms with Crippen molar-refractivity contribution < 1.29 is 14.7 Å². The van der Waals surface area contributed by atoms with Crippen LogP contribution in [0.4, 0.5) is 0 Å². The van der Waals surface area contributed by atoms with Gasteiger partial charge in [-0.1, -0.05) is 39.3 Å². The van der Waals surface area contributed by atoms with Gasteiger partial charge in [-0.2, -0.15) is 0 Å². The zero-order chi connectivity index (χ0) is 11.3. The maximum Gasteiger partial charge on any atom is 0.356 e. The molecule has 0 saturated heterocycles. The number of benzene rings is 1. The Morgan fingerprint density at radius 2 is 2.20 bits per heavy atom. The minimum atomic E-state index is -0.631. The third-order valence-corrected chi connectivity index (χ3v) is 2.63. The summed E-state index contributed by atoms with van der Waals surface area (Å²) in [5, 5.41) is 11.6. The van der Waals surface area contributed by atoms with Crippen LogP contribution in [0.1, 0.15) is 5.56 Å². The van der Waals surface area contributed by atoms with E-state index in [4.69, 9.17) is 5.21 Å². The van der Waals surface area contributed by atoms with Crippen LogP contribution in [0.3, 0.4) is 0 Å². The highest BCUT2D eigenvalue weighted by Gasteiger charge is 2.14. The molecule has 0 amide bonds. The molecule has 0 fully saturated rings. The Kier molecular flexibility index (Phi) is 4.30. The van der Waals surface area contributed by atoms with Crippen LogP contribution in [0.5, 0.6) is 0 Å². The maximum absolute atomic E-state index is 11.1. The zero-order valence-corrected chi connectivity index (χ0v) is 9.69. The van der Waals surface area contributed by atoms with E-state index in [0.29, 0.717) is 0 Å². The first-order chi connectivity index (χ1) is 7.19. The van der Waals surface area contributed by atoms with Crippen molar-refractivity contribution in [3.8, 4) is 0 Å². The van der Waals surface area contributed by atoms with Crippen molar-refractivity contribution in [2.75, 3.05) is 7.11 Å². The summed E-state index contributed by atoms with van der Waals surface area (Å²) in [5.41, 5.74) is 0.833. The second kappa shape index (κ2) is 5.50. The lowest BCUT2D eigenvalue weighted by molar-refractivity contribution is -0.132. The highest BCUT2D eigenvalue weighted by atomic mass is 79.9. The van der Waals surface area contributed by atoms with Crippen LogP contribution in [-0.2, 0) is 16.0 Å². The van der Waals surface area contributed by atoms with Gasteiger partial charge in [0.05, 0.1) is 7.11 Å². The second-order valence-electron chi connectivity index (χ2n) is 2.81. The molecule has 4 nitrogen and oxygen atoms in total. The molecule has 1 rings (SSSR count). The fraction of sp³-hybridized carbons (Fsp3) is 0.200. The van der Waals surface area contributed by atoms with E-state index < -0.39 is 5.97 Å². The average Bonchev–Trinajstić information content (AvgIpc) is 2.27. The molecule has 0 spiro atoms. The number of oxime groups is 1. The van der Waals surface area contributed by atoms with Crippen LogP contribution in [0.15, 0.2) is 33.9 Å². The summed E-state index contributed by atoms with van der Waals surface area (Å²) in [5.74, 6) is -0.631. The number of carbonyl (C=O) groups excluding carboxylic acids is 1. The van der Waals surface area contributed by atoms with E-state index in [1.165, 1.54) is 7.11 Å². The van der Waals surface area contributed by atoms with Crippen molar-refractivity contribution in [2.24, 2.45) is 5.16 Å². The van der Waals surface area contributed by atoms with Gasteiger partial charge in [0.1, 0.15) is 0 Å². The standard InChI is InChI=1S/C10H10BrNO3/c1-15-10(13)9(12-14)6-7-4-2-3-5-8(7)11/h2-5,14H,6H2,1H3/b12-9-. The Bertz CT molecular complexity index is 390. The number of hydrogen-bond acceptors (Lipinski definition) is 4. The van der Waals surface area contributed by atoms with Crippen molar-refractivity contribution >= 4 is 27.6 Å². The Balaban J connectivity index is 2.86. The molecule has 0 aliphatic rings. The predicted molar refractivity (Wildman–Crippen MR) is 59.1 cm³/mol. The van der Waals surface area contributed by atoms with Crippen molar-refractivity contribution in [1.29, 1.82) is 0 Å². The first-order valence-corrected chi connectivity index (χ1v) is 5.01. The molecule has 1 aromatic rings.